The molecule has 0 fully saturated rings. The Labute approximate surface area is 160 Å². The van der Waals surface area contributed by atoms with Gasteiger partial charge in [0.2, 0.25) is 0 Å². The molecular weight excluding hydrogens is 338 g/mol. The first-order valence-corrected chi connectivity index (χ1v) is 9.63. The second-order valence-corrected chi connectivity index (χ2v) is 7.15. The van der Waals surface area contributed by atoms with Crippen LogP contribution in [0.1, 0.15) is 70.4 Å². The topological polar surface area (TPSA) is 57.0 Å². The van der Waals surface area contributed by atoms with E-state index in [9.17, 15) is 4.79 Å². The predicted octanol–water partition coefficient (Wildman–Crippen LogP) is 5.37. The van der Waals surface area contributed by atoms with Crippen LogP contribution >= 0.6 is 0 Å². The standard InChI is InChI=1S/C22H27N3O2/c1-6-14(3)17-12-18(15(4)7-2)22(27-16(5)26)21(13-17)25-23-19-10-8-9-11-20(19)24-25/h8-15H,6-7H2,1-5H3. The number of nitrogens with zero attached hydrogens (tertiary/aromatic N) is 3. The van der Waals surface area contributed by atoms with Crippen molar-refractivity contribution in [1.29, 1.82) is 0 Å². The summed E-state index contributed by atoms with van der Waals surface area (Å²) in [6.07, 6.45) is 1.98. The number of rotatable bonds is 6. The summed E-state index contributed by atoms with van der Waals surface area (Å²) in [6.45, 7) is 10.1. The first-order valence-electron chi connectivity index (χ1n) is 9.63. The molecule has 1 heterocycles. The van der Waals surface area contributed by atoms with E-state index in [2.05, 4.69) is 50.0 Å². The SMILES string of the molecule is CCC(C)c1cc(C(C)CC)c(OC(C)=O)c(-n2nc3ccccc3n2)c1. The van der Waals surface area contributed by atoms with Gasteiger partial charge in [-0.2, -0.15) is 0 Å². The van der Waals surface area contributed by atoms with Crippen LogP contribution in [0.5, 0.6) is 5.75 Å². The van der Waals surface area contributed by atoms with Crippen LogP contribution in [0.25, 0.3) is 16.7 Å². The number of hydrogen-bond acceptors (Lipinski definition) is 4. The zero-order valence-corrected chi connectivity index (χ0v) is 16.7. The molecular formula is C22H27N3O2. The molecule has 0 aliphatic carbocycles. The Morgan fingerprint density at radius 3 is 2.15 bits per heavy atom. The minimum absolute atomic E-state index is 0.257. The second-order valence-electron chi connectivity index (χ2n) is 7.15. The molecule has 0 N–H and O–H groups in total. The van der Waals surface area contributed by atoms with Gasteiger partial charge in [0.05, 0.1) is 0 Å². The van der Waals surface area contributed by atoms with E-state index in [0.717, 1.165) is 35.1 Å². The Morgan fingerprint density at radius 1 is 1.04 bits per heavy atom. The number of carbonyl (C=O) groups is 1. The van der Waals surface area contributed by atoms with Crippen molar-refractivity contribution < 1.29 is 9.53 Å². The Kier molecular flexibility index (Phi) is 5.59. The fourth-order valence-corrected chi connectivity index (χ4v) is 3.14. The molecule has 0 aliphatic rings. The Bertz CT molecular complexity index is 928. The maximum atomic E-state index is 11.8. The van der Waals surface area contributed by atoms with Gasteiger partial charge in [-0.05, 0) is 48.4 Å². The van der Waals surface area contributed by atoms with Crippen LogP contribution in [0.2, 0.25) is 0 Å². The Hall–Kier alpha value is -2.69. The van der Waals surface area contributed by atoms with Crippen LogP contribution in [0.15, 0.2) is 36.4 Å². The summed E-state index contributed by atoms with van der Waals surface area (Å²) in [5, 5.41) is 9.24. The second kappa shape index (κ2) is 7.91. The molecule has 0 bridgehead atoms. The first-order chi connectivity index (χ1) is 12.9. The smallest absolute Gasteiger partial charge is 0.308 e. The van der Waals surface area contributed by atoms with Crippen molar-refractivity contribution in [2.75, 3.05) is 0 Å². The highest BCUT2D eigenvalue weighted by atomic mass is 16.5. The van der Waals surface area contributed by atoms with Crippen LogP contribution in [0.3, 0.4) is 0 Å². The zero-order valence-electron chi connectivity index (χ0n) is 16.7. The molecule has 3 rings (SSSR count). The molecule has 0 amide bonds. The normalized spacial score (nSPS) is 13.5. The van der Waals surface area contributed by atoms with Crippen LogP contribution in [-0.2, 0) is 4.79 Å². The highest BCUT2D eigenvalue weighted by Gasteiger charge is 2.22. The van der Waals surface area contributed by atoms with Crippen molar-refractivity contribution in [3.63, 3.8) is 0 Å². The van der Waals surface area contributed by atoms with Gasteiger partial charge in [0, 0.05) is 12.5 Å². The summed E-state index contributed by atoms with van der Waals surface area (Å²) in [5.41, 5.74) is 4.58. The first kappa shape index (κ1) is 19.1. The van der Waals surface area contributed by atoms with E-state index >= 15 is 0 Å². The van der Waals surface area contributed by atoms with Crippen molar-refractivity contribution in [3.8, 4) is 11.4 Å². The molecule has 0 radical (unpaired) electrons. The molecule has 2 aromatic carbocycles. The van der Waals surface area contributed by atoms with Crippen molar-refractivity contribution in [2.45, 2.75) is 59.3 Å². The zero-order chi connectivity index (χ0) is 19.6. The van der Waals surface area contributed by atoms with E-state index in [-0.39, 0.29) is 11.9 Å². The van der Waals surface area contributed by atoms with Gasteiger partial charge in [-0.25, -0.2) is 0 Å². The molecule has 0 saturated carbocycles. The van der Waals surface area contributed by atoms with Crippen molar-refractivity contribution >= 4 is 17.0 Å². The van der Waals surface area contributed by atoms with Gasteiger partial charge < -0.3 is 4.74 Å². The van der Waals surface area contributed by atoms with E-state index in [1.54, 1.807) is 4.80 Å². The number of aromatic nitrogens is 3. The molecule has 3 aromatic rings. The quantitative estimate of drug-likeness (QED) is 0.435. The van der Waals surface area contributed by atoms with Crippen LogP contribution in [-0.4, -0.2) is 21.0 Å². The molecule has 142 valence electrons. The molecule has 0 spiro atoms. The average molecular weight is 365 g/mol. The summed E-state index contributed by atoms with van der Waals surface area (Å²) in [6, 6.07) is 12.0. The number of fused-ring (bicyclic) bond motifs is 1. The molecule has 2 unspecified atom stereocenters. The lowest BCUT2D eigenvalue weighted by Crippen LogP contribution is -2.12. The minimum atomic E-state index is -0.339. The van der Waals surface area contributed by atoms with Gasteiger partial charge in [-0.1, -0.05) is 45.9 Å². The summed E-state index contributed by atoms with van der Waals surface area (Å²) in [5.74, 6) is 0.869. The van der Waals surface area contributed by atoms with E-state index in [1.807, 2.05) is 24.3 Å². The van der Waals surface area contributed by atoms with E-state index in [0.29, 0.717) is 11.7 Å². The fraction of sp³-hybridized carbons (Fsp3) is 0.409. The molecule has 5 nitrogen and oxygen atoms in total. The van der Waals surface area contributed by atoms with Gasteiger partial charge >= 0.3 is 5.97 Å². The van der Waals surface area contributed by atoms with E-state index in [4.69, 9.17) is 4.74 Å². The number of esters is 1. The largest absolute Gasteiger partial charge is 0.424 e. The van der Waals surface area contributed by atoms with E-state index in [1.165, 1.54) is 12.5 Å². The Morgan fingerprint density at radius 2 is 1.63 bits per heavy atom. The highest BCUT2D eigenvalue weighted by Crippen LogP contribution is 2.38. The van der Waals surface area contributed by atoms with Gasteiger partial charge in [-0.15, -0.1) is 15.0 Å². The molecule has 5 heteroatoms. The van der Waals surface area contributed by atoms with Gasteiger partial charge in [0.15, 0.2) is 5.75 Å². The van der Waals surface area contributed by atoms with Crippen molar-refractivity contribution in [2.24, 2.45) is 0 Å². The summed E-state index contributed by atoms with van der Waals surface area (Å²) >= 11 is 0. The van der Waals surface area contributed by atoms with Crippen LogP contribution in [0.4, 0.5) is 0 Å². The monoisotopic (exact) mass is 365 g/mol. The maximum Gasteiger partial charge on any atom is 0.308 e. The Balaban J connectivity index is 2.28. The average Bonchev–Trinajstić information content (AvgIpc) is 3.10. The minimum Gasteiger partial charge on any atom is -0.424 e. The fourth-order valence-electron chi connectivity index (χ4n) is 3.14. The summed E-state index contributed by atoms with van der Waals surface area (Å²) in [4.78, 5) is 13.4. The predicted molar refractivity (Wildman–Crippen MR) is 108 cm³/mol. The molecule has 2 atom stereocenters. The number of ether oxygens (including phenoxy) is 1. The molecule has 0 saturated heterocycles. The summed E-state index contributed by atoms with van der Waals surface area (Å²) < 4.78 is 5.68. The number of carbonyl (C=O) groups excluding carboxylic acids is 1. The maximum absolute atomic E-state index is 11.8. The van der Waals surface area contributed by atoms with E-state index < -0.39 is 0 Å². The van der Waals surface area contributed by atoms with Gasteiger partial charge in [0.1, 0.15) is 16.7 Å². The lowest BCUT2D eigenvalue weighted by molar-refractivity contribution is -0.131. The van der Waals surface area contributed by atoms with Crippen LogP contribution < -0.4 is 4.74 Å². The van der Waals surface area contributed by atoms with Gasteiger partial charge in [0.25, 0.3) is 0 Å². The van der Waals surface area contributed by atoms with Crippen molar-refractivity contribution in [3.05, 3.63) is 47.5 Å². The molecule has 27 heavy (non-hydrogen) atoms. The highest BCUT2D eigenvalue weighted by molar-refractivity contribution is 5.75. The lowest BCUT2D eigenvalue weighted by Gasteiger charge is -2.21. The lowest BCUT2D eigenvalue weighted by atomic mass is 9.90. The third kappa shape index (κ3) is 3.87. The third-order valence-corrected chi connectivity index (χ3v) is 5.19. The van der Waals surface area contributed by atoms with Crippen molar-refractivity contribution in [1.82, 2.24) is 15.0 Å². The van der Waals surface area contributed by atoms with Crippen LogP contribution in [0, 0.1) is 0 Å². The molecule has 1 aromatic heterocycles. The number of hydrogen-bond donors (Lipinski definition) is 0. The van der Waals surface area contributed by atoms with Gasteiger partial charge in [-0.3, -0.25) is 4.79 Å². The summed E-state index contributed by atoms with van der Waals surface area (Å²) in [7, 11) is 0. The third-order valence-electron chi connectivity index (χ3n) is 5.19. The number of benzene rings is 2. The molecule has 0 aliphatic heterocycles.